The van der Waals surface area contributed by atoms with Crippen molar-refractivity contribution in [1.82, 2.24) is 0 Å². The lowest BCUT2D eigenvalue weighted by Crippen LogP contribution is -2.41. The highest BCUT2D eigenvalue weighted by Gasteiger charge is 2.44. The smallest absolute Gasteiger partial charge is 0.320 e. The number of hydrogen-bond acceptors (Lipinski definition) is 3. The zero-order valence-electron chi connectivity index (χ0n) is 11.3. The standard InChI is InChI=1S/C16H18O3/c1-4-11-16(13(3)17,15(18)19-5-2)12-14-9-7-6-8-10-14/h1,6-10H,5,11-12H2,2-3H3. The van der Waals surface area contributed by atoms with Crippen LogP contribution in [0.2, 0.25) is 0 Å². The van der Waals surface area contributed by atoms with E-state index in [4.69, 9.17) is 11.2 Å². The third-order valence-corrected chi connectivity index (χ3v) is 3.09. The van der Waals surface area contributed by atoms with Crippen molar-refractivity contribution in [3.8, 4) is 12.3 Å². The van der Waals surface area contributed by atoms with E-state index in [1.807, 2.05) is 30.3 Å². The van der Waals surface area contributed by atoms with Gasteiger partial charge in [-0.15, -0.1) is 12.3 Å². The SMILES string of the molecule is C#CCC(Cc1ccccc1)(C(C)=O)C(=O)OCC. The lowest BCUT2D eigenvalue weighted by Gasteiger charge is -2.27. The van der Waals surface area contributed by atoms with Gasteiger partial charge in [-0.3, -0.25) is 9.59 Å². The molecule has 0 aliphatic carbocycles. The van der Waals surface area contributed by atoms with Crippen LogP contribution in [0.1, 0.15) is 25.8 Å². The van der Waals surface area contributed by atoms with Crippen LogP contribution >= 0.6 is 0 Å². The van der Waals surface area contributed by atoms with E-state index in [0.29, 0.717) is 0 Å². The summed E-state index contributed by atoms with van der Waals surface area (Å²) >= 11 is 0. The molecule has 0 aliphatic rings. The van der Waals surface area contributed by atoms with Crippen molar-refractivity contribution in [3.63, 3.8) is 0 Å². The number of ketones is 1. The number of esters is 1. The van der Waals surface area contributed by atoms with Crippen molar-refractivity contribution in [2.24, 2.45) is 5.41 Å². The van der Waals surface area contributed by atoms with Crippen molar-refractivity contribution in [2.45, 2.75) is 26.7 Å². The lowest BCUT2D eigenvalue weighted by atomic mass is 9.75. The van der Waals surface area contributed by atoms with Gasteiger partial charge in [-0.05, 0) is 25.8 Å². The third kappa shape index (κ3) is 3.45. The molecule has 19 heavy (non-hydrogen) atoms. The van der Waals surface area contributed by atoms with Gasteiger partial charge in [-0.2, -0.15) is 0 Å². The number of carbonyl (C=O) groups excluding carboxylic acids is 2. The molecule has 0 radical (unpaired) electrons. The Balaban J connectivity index is 3.13. The summed E-state index contributed by atoms with van der Waals surface area (Å²) in [5.41, 5.74) is -0.382. The van der Waals surface area contributed by atoms with Crippen LogP contribution in [0.3, 0.4) is 0 Å². The summed E-state index contributed by atoms with van der Waals surface area (Å²) in [5, 5.41) is 0. The second-order valence-electron chi connectivity index (χ2n) is 4.40. The van der Waals surface area contributed by atoms with E-state index >= 15 is 0 Å². The Kier molecular flexibility index (Phi) is 5.32. The van der Waals surface area contributed by atoms with Gasteiger partial charge < -0.3 is 4.74 Å². The van der Waals surface area contributed by atoms with Crippen LogP contribution < -0.4 is 0 Å². The van der Waals surface area contributed by atoms with Gasteiger partial charge in [0.25, 0.3) is 0 Å². The fraction of sp³-hybridized carbons (Fsp3) is 0.375. The molecule has 1 atom stereocenters. The molecule has 100 valence electrons. The maximum atomic E-state index is 12.2. The van der Waals surface area contributed by atoms with Crippen LogP contribution in [-0.2, 0) is 20.7 Å². The minimum Gasteiger partial charge on any atom is -0.465 e. The number of Topliss-reactive ketones (excluding diaryl/α,β-unsaturated/α-hetero) is 1. The molecule has 0 aromatic heterocycles. The van der Waals surface area contributed by atoms with Gasteiger partial charge in [0.05, 0.1) is 6.61 Å². The molecule has 1 aromatic rings. The summed E-state index contributed by atoms with van der Waals surface area (Å²) in [7, 11) is 0. The summed E-state index contributed by atoms with van der Waals surface area (Å²) in [5.74, 6) is 1.63. The van der Waals surface area contributed by atoms with E-state index in [0.717, 1.165) is 5.56 Å². The average Bonchev–Trinajstić information content (AvgIpc) is 2.39. The monoisotopic (exact) mass is 258 g/mol. The first-order valence-electron chi connectivity index (χ1n) is 6.22. The second-order valence-corrected chi connectivity index (χ2v) is 4.40. The van der Waals surface area contributed by atoms with Crippen LogP contribution in [0.4, 0.5) is 0 Å². The van der Waals surface area contributed by atoms with Gasteiger partial charge in [0.1, 0.15) is 11.2 Å². The van der Waals surface area contributed by atoms with Crippen LogP contribution in [0.15, 0.2) is 30.3 Å². The Bertz CT molecular complexity index is 484. The van der Waals surface area contributed by atoms with Crippen molar-refractivity contribution in [2.75, 3.05) is 6.61 Å². The fourth-order valence-electron chi connectivity index (χ4n) is 1.99. The van der Waals surface area contributed by atoms with Crippen LogP contribution in [-0.4, -0.2) is 18.4 Å². The van der Waals surface area contributed by atoms with Gasteiger partial charge in [-0.25, -0.2) is 0 Å². The van der Waals surface area contributed by atoms with Crippen LogP contribution in [0.25, 0.3) is 0 Å². The maximum absolute atomic E-state index is 12.2. The zero-order valence-corrected chi connectivity index (χ0v) is 11.3. The first-order valence-corrected chi connectivity index (χ1v) is 6.22. The van der Waals surface area contributed by atoms with E-state index in [1.165, 1.54) is 6.92 Å². The Labute approximate surface area is 114 Å². The van der Waals surface area contributed by atoms with Gasteiger partial charge in [0, 0.05) is 6.42 Å². The average molecular weight is 258 g/mol. The molecular formula is C16H18O3. The molecule has 0 bridgehead atoms. The minimum absolute atomic E-state index is 0.0516. The fourth-order valence-corrected chi connectivity index (χ4v) is 1.99. The molecule has 1 unspecified atom stereocenters. The van der Waals surface area contributed by atoms with Crippen LogP contribution in [0, 0.1) is 17.8 Å². The predicted octanol–water partition coefficient (Wildman–Crippen LogP) is 2.39. The van der Waals surface area contributed by atoms with Gasteiger partial charge in [0.15, 0.2) is 0 Å². The van der Waals surface area contributed by atoms with E-state index < -0.39 is 11.4 Å². The molecular weight excluding hydrogens is 240 g/mol. The topological polar surface area (TPSA) is 43.4 Å². The maximum Gasteiger partial charge on any atom is 0.320 e. The highest BCUT2D eigenvalue weighted by molar-refractivity contribution is 6.03. The zero-order chi connectivity index (χ0) is 14.3. The van der Waals surface area contributed by atoms with E-state index in [-0.39, 0.29) is 25.2 Å². The lowest BCUT2D eigenvalue weighted by molar-refractivity contribution is -0.159. The highest BCUT2D eigenvalue weighted by Crippen LogP contribution is 2.30. The van der Waals surface area contributed by atoms with E-state index in [2.05, 4.69) is 5.92 Å². The molecule has 0 fully saturated rings. The molecule has 0 spiro atoms. The molecule has 3 heteroatoms. The molecule has 0 heterocycles. The van der Waals surface area contributed by atoms with E-state index in [1.54, 1.807) is 6.92 Å². The van der Waals surface area contributed by atoms with E-state index in [9.17, 15) is 9.59 Å². The Morgan fingerprint density at radius 3 is 2.42 bits per heavy atom. The van der Waals surface area contributed by atoms with Crippen molar-refractivity contribution >= 4 is 11.8 Å². The highest BCUT2D eigenvalue weighted by atomic mass is 16.5. The third-order valence-electron chi connectivity index (χ3n) is 3.09. The number of carbonyl (C=O) groups is 2. The number of benzene rings is 1. The number of hydrogen-bond donors (Lipinski definition) is 0. The summed E-state index contributed by atoms with van der Waals surface area (Å²) in [6.45, 7) is 3.33. The van der Waals surface area contributed by atoms with Crippen molar-refractivity contribution in [3.05, 3.63) is 35.9 Å². The van der Waals surface area contributed by atoms with Crippen LogP contribution in [0.5, 0.6) is 0 Å². The summed E-state index contributed by atoms with van der Waals surface area (Å²) in [6, 6.07) is 9.34. The second kappa shape index (κ2) is 6.75. The summed E-state index contributed by atoms with van der Waals surface area (Å²) in [6.07, 6.45) is 5.65. The molecule has 0 aliphatic heterocycles. The molecule has 0 N–H and O–H groups in total. The number of rotatable bonds is 6. The first-order chi connectivity index (χ1) is 9.06. The normalized spacial score (nSPS) is 13.1. The van der Waals surface area contributed by atoms with Gasteiger partial charge >= 0.3 is 5.97 Å². The minimum atomic E-state index is -1.27. The largest absolute Gasteiger partial charge is 0.465 e. The quantitative estimate of drug-likeness (QED) is 0.447. The Morgan fingerprint density at radius 2 is 1.95 bits per heavy atom. The number of terminal acetylenes is 1. The van der Waals surface area contributed by atoms with Crippen molar-refractivity contribution < 1.29 is 14.3 Å². The van der Waals surface area contributed by atoms with Gasteiger partial charge in [0.2, 0.25) is 0 Å². The predicted molar refractivity (Wildman–Crippen MR) is 73.3 cm³/mol. The molecule has 1 aromatic carbocycles. The molecule has 0 amide bonds. The Morgan fingerprint density at radius 1 is 1.32 bits per heavy atom. The first kappa shape index (κ1) is 15.0. The molecule has 3 nitrogen and oxygen atoms in total. The summed E-state index contributed by atoms with van der Waals surface area (Å²) < 4.78 is 5.04. The molecule has 0 saturated carbocycles. The summed E-state index contributed by atoms with van der Waals surface area (Å²) in [4.78, 5) is 24.1. The molecule has 1 rings (SSSR count). The van der Waals surface area contributed by atoms with Crippen molar-refractivity contribution in [1.29, 1.82) is 0 Å². The number of ether oxygens (including phenoxy) is 1. The Hall–Kier alpha value is -2.08. The molecule has 0 saturated heterocycles. The van der Waals surface area contributed by atoms with Gasteiger partial charge in [-0.1, -0.05) is 30.3 Å².